The molecule has 1 aromatic rings. The SMILES string of the molecule is CCNC(=NCC(OC)C(C)(C)C)NCCNS(=O)(=O)c1cccnc1.I. The van der Waals surface area contributed by atoms with E-state index in [1.165, 1.54) is 18.5 Å². The predicted molar refractivity (Wildman–Crippen MR) is 119 cm³/mol. The normalized spacial score (nSPS) is 13.6. The van der Waals surface area contributed by atoms with Crippen LogP contribution < -0.4 is 15.4 Å². The first-order valence-corrected chi connectivity index (χ1v) is 10.1. The summed E-state index contributed by atoms with van der Waals surface area (Å²) in [6, 6.07) is 3.09. The second-order valence-corrected chi connectivity index (χ2v) is 8.59. The topological polar surface area (TPSA) is 105 Å². The number of halogens is 1. The standard InChI is InChI=1S/C17H31N5O3S.HI/c1-6-19-16(21-13-15(25-5)17(2,3)4)20-10-11-22-26(23,24)14-8-7-9-18-12-14;/h7-9,12,15,22H,6,10-11,13H2,1-5H3,(H2,19,20,21);1H. The van der Waals surface area contributed by atoms with E-state index >= 15 is 0 Å². The lowest BCUT2D eigenvalue weighted by Gasteiger charge is -2.28. The Balaban J connectivity index is 0.00000676. The smallest absolute Gasteiger partial charge is 0.242 e. The van der Waals surface area contributed by atoms with Gasteiger partial charge in [0.25, 0.3) is 0 Å². The minimum atomic E-state index is -3.55. The van der Waals surface area contributed by atoms with Gasteiger partial charge in [-0.2, -0.15) is 0 Å². The zero-order chi connectivity index (χ0) is 19.6. The molecule has 0 saturated carbocycles. The van der Waals surface area contributed by atoms with Crippen molar-refractivity contribution >= 4 is 40.0 Å². The number of pyridine rings is 1. The van der Waals surface area contributed by atoms with Gasteiger partial charge in [0.1, 0.15) is 4.90 Å². The van der Waals surface area contributed by atoms with E-state index in [-0.39, 0.29) is 46.9 Å². The zero-order valence-corrected chi connectivity index (χ0v) is 19.8. The number of aromatic nitrogens is 1. The third-order valence-electron chi connectivity index (χ3n) is 3.66. The van der Waals surface area contributed by atoms with Gasteiger partial charge in [0.05, 0.1) is 12.6 Å². The Kier molecular flexibility index (Phi) is 12.0. The molecular formula is C17H32IN5O3S. The molecule has 3 N–H and O–H groups in total. The molecule has 0 aliphatic heterocycles. The van der Waals surface area contributed by atoms with Gasteiger partial charge in [-0.3, -0.25) is 9.98 Å². The highest BCUT2D eigenvalue weighted by Crippen LogP contribution is 2.21. The molecule has 0 aliphatic rings. The van der Waals surface area contributed by atoms with Gasteiger partial charge in [0, 0.05) is 39.1 Å². The van der Waals surface area contributed by atoms with Crippen LogP contribution in [0.5, 0.6) is 0 Å². The fourth-order valence-electron chi connectivity index (χ4n) is 2.17. The van der Waals surface area contributed by atoms with E-state index < -0.39 is 10.0 Å². The number of guanidine groups is 1. The Morgan fingerprint density at radius 2 is 2.00 bits per heavy atom. The van der Waals surface area contributed by atoms with Crippen LogP contribution in [0.2, 0.25) is 0 Å². The number of aliphatic imine (C=N–C) groups is 1. The van der Waals surface area contributed by atoms with Crippen molar-refractivity contribution in [1.82, 2.24) is 20.3 Å². The Hall–Kier alpha value is -0.980. The van der Waals surface area contributed by atoms with Crippen LogP contribution in [0.3, 0.4) is 0 Å². The van der Waals surface area contributed by atoms with Crippen LogP contribution in [-0.4, -0.2) is 58.8 Å². The van der Waals surface area contributed by atoms with Gasteiger partial charge < -0.3 is 15.4 Å². The van der Waals surface area contributed by atoms with Crippen LogP contribution in [-0.2, 0) is 14.8 Å². The molecule has 1 heterocycles. The summed E-state index contributed by atoms with van der Waals surface area (Å²) in [4.78, 5) is 8.50. The second kappa shape index (κ2) is 12.5. The number of methoxy groups -OCH3 is 1. The first-order valence-electron chi connectivity index (χ1n) is 8.65. The number of hydrogen-bond donors (Lipinski definition) is 3. The highest BCUT2D eigenvalue weighted by atomic mass is 127. The van der Waals surface area contributed by atoms with E-state index in [9.17, 15) is 8.42 Å². The molecule has 0 fully saturated rings. The number of nitrogens with zero attached hydrogens (tertiary/aromatic N) is 2. The molecule has 0 aromatic carbocycles. The maximum Gasteiger partial charge on any atom is 0.242 e. The van der Waals surface area contributed by atoms with Crippen molar-refractivity contribution in [3.63, 3.8) is 0 Å². The molecule has 0 aliphatic carbocycles. The lowest BCUT2D eigenvalue weighted by Crippen LogP contribution is -2.42. The van der Waals surface area contributed by atoms with E-state index in [2.05, 4.69) is 46.1 Å². The Labute approximate surface area is 180 Å². The van der Waals surface area contributed by atoms with Crippen LogP contribution in [0.1, 0.15) is 27.7 Å². The Morgan fingerprint density at radius 3 is 2.52 bits per heavy atom. The number of hydrogen-bond acceptors (Lipinski definition) is 5. The molecule has 1 aromatic heterocycles. The molecule has 1 rings (SSSR count). The number of rotatable bonds is 9. The summed E-state index contributed by atoms with van der Waals surface area (Å²) in [5.74, 6) is 0.624. The third-order valence-corrected chi connectivity index (χ3v) is 5.11. The second-order valence-electron chi connectivity index (χ2n) is 6.82. The summed E-state index contributed by atoms with van der Waals surface area (Å²) in [7, 11) is -1.87. The molecule has 1 unspecified atom stereocenters. The summed E-state index contributed by atoms with van der Waals surface area (Å²) >= 11 is 0. The van der Waals surface area contributed by atoms with Crippen LogP contribution in [0.4, 0.5) is 0 Å². The number of nitrogens with one attached hydrogen (secondary N) is 3. The van der Waals surface area contributed by atoms with Crippen LogP contribution >= 0.6 is 24.0 Å². The average Bonchev–Trinajstić information content (AvgIpc) is 2.58. The van der Waals surface area contributed by atoms with Crippen molar-refractivity contribution in [2.45, 2.75) is 38.7 Å². The largest absolute Gasteiger partial charge is 0.379 e. The van der Waals surface area contributed by atoms with E-state index in [1.807, 2.05) is 6.92 Å². The molecule has 10 heteroatoms. The minimum absolute atomic E-state index is 0. The van der Waals surface area contributed by atoms with Crippen molar-refractivity contribution in [3.05, 3.63) is 24.5 Å². The quantitative estimate of drug-likeness (QED) is 0.201. The van der Waals surface area contributed by atoms with Gasteiger partial charge in [0.2, 0.25) is 10.0 Å². The molecule has 0 radical (unpaired) electrons. The monoisotopic (exact) mass is 513 g/mol. The predicted octanol–water partition coefficient (Wildman–Crippen LogP) is 1.59. The van der Waals surface area contributed by atoms with Gasteiger partial charge in [0.15, 0.2) is 5.96 Å². The molecule has 0 bridgehead atoms. The average molecular weight is 513 g/mol. The third kappa shape index (κ3) is 9.67. The fraction of sp³-hybridized carbons (Fsp3) is 0.647. The highest BCUT2D eigenvalue weighted by Gasteiger charge is 2.24. The molecular weight excluding hydrogens is 481 g/mol. The summed E-state index contributed by atoms with van der Waals surface area (Å²) in [5, 5.41) is 6.26. The maximum atomic E-state index is 12.1. The minimum Gasteiger partial charge on any atom is -0.379 e. The van der Waals surface area contributed by atoms with Crippen molar-refractivity contribution in [3.8, 4) is 0 Å². The van der Waals surface area contributed by atoms with Gasteiger partial charge in [-0.05, 0) is 24.5 Å². The molecule has 27 heavy (non-hydrogen) atoms. The lowest BCUT2D eigenvalue weighted by atomic mass is 9.89. The number of sulfonamides is 1. The van der Waals surface area contributed by atoms with Gasteiger partial charge >= 0.3 is 0 Å². The highest BCUT2D eigenvalue weighted by molar-refractivity contribution is 14.0. The van der Waals surface area contributed by atoms with E-state index in [1.54, 1.807) is 13.2 Å². The number of ether oxygens (including phenoxy) is 1. The lowest BCUT2D eigenvalue weighted by molar-refractivity contribution is 0.0241. The Bertz CT molecular complexity index is 663. The summed E-state index contributed by atoms with van der Waals surface area (Å²) in [5.41, 5.74) is -0.0189. The van der Waals surface area contributed by atoms with Gasteiger partial charge in [-0.25, -0.2) is 13.1 Å². The summed E-state index contributed by atoms with van der Waals surface area (Å²) < 4.78 is 32.3. The molecule has 1 atom stereocenters. The van der Waals surface area contributed by atoms with Crippen LogP contribution in [0.15, 0.2) is 34.4 Å². The molecule has 8 nitrogen and oxygen atoms in total. The van der Waals surface area contributed by atoms with Crippen molar-refractivity contribution in [2.75, 3.05) is 33.3 Å². The van der Waals surface area contributed by atoms with Crippen LogP contribution in [0, 0.1) is 5.41 Å². The van der Waals surface area contributed by atoms with E-state index in [0.717, 1.165) is 0 Å². The maximum absolute atomic E-state index is 12.1. The summed E-state index contributed by atoms with van der Waals surface area (Å²) in [6.45, 7) is 10.1. The van der Waals surface area contributed by atoms with Crippen molar-refractivity contribution < 1.29 is 13.2 Å². The molecule has 0 saturated heterocycles. The van der Waals surface area contributed by atoms with Gasteiger partial charge in [-0.1, -0.05) is 20.8 Å². The Morgan fingerprint density at radius 1 is 1.30 bits per heavy atom. The van der Waals surface area contributed by atoms with Crippen molar-refractivity contribution in [1.29, 1.82) is 0 Å². The zero-order valence-electron chi connectivity index (χ0n) is 16.7. The first kappa shape index (κ1) is 26.0. The first-order chi connectivity index (χ1) is 12.2. The van der Waals surface area contributed by atoms with Gasteiger partial charge in [-0.15, -0.1) is 24.0 Å². The summed E-state index contributed by atoms with van der Waals surface area (Å²) in [6.07, 6.45) is 2.84. The molecule has 0 spiro atoms. The van der Waals surface area contributed by atoms with Crippen molar-refractivity contribution in [2.24, 2.45) is 10.4 Å². The fourth-order valence-corrected chi connectivity index (χ4v) is 3.17. The molecule has 156 valence electrons. The molecule has 0 amide bonds. The van der Waals surface area contributed by atoms with E-state index in [4.69, 9.17) is 4.74 Å². The van der Waals surface area contributed by atoms with E-state index in [0.29, 0.717) is 25.6 Å². The van der Waals surface area contributed by atoms with Crippen LogP contribution in [0.25, 0.3) is 0 Å².